The molecule has 2 aromatic rings. The normalized spacial score (nSPS) is 24.0. The fourth-order valence-corrected chi connectivity index (χ4v) is 4.10. The Morgan fingerprint density at radius 1 is 1.13 bits per heavy atom. The van der Waals surface area contributed by atoms with Crippen molar-refractivity contribution >= 4 is 17.8 Å². The quantitative estimate of drug-likeness (QED) is 0.169. The molecule has 5 N–H and O–H groups in total. The summed E-state index contributed by atoms with van der Waals surface area (Å²) in [7, 11) is 1.48. The number of nitrogens with one attached hydrogen (secondary N) is 2. The van der Waals surface area contributed by atoms with Crippen LogP contribution in [0.2, 0.25) is 0 Å². The van der Waals surface area contributed by atoms with Gasteiger partial charge < -0.3 is 50.1 Å². The van der Waals surface area contributed by atoms with Crippen molar-refractivity contribution in [3.8, 4) is 5.75 Å². The largest absolute Gasteiger partial charge is 1.00 e. The number of carboxylic acids is 1. The zero-order chi connectivity index (χ0) is 27.9. The zero-order valence-electron chi connectivity index (χ0n) is 21.9. The number of aliphatic hydroxyl groups excluding tert-OH is 3. The first-order valence-electron chi connectivity index (χ1n) is 11.9. The Labute approximate surface area is 247 Å². The molecule has 0 spiro atoms. The molecule has 1 fully saturated rings. The first kappa shape index (κ1) is 32.7. The third-order valence-corrected chi connectivity index (χ3v) is 6.12. The number of aliphatic carboxylic acids is 1. The smallest absolute Gasteiger partial charge is 0.544 e. The summed E-state index contributed by atoms with van der Waals surface area (Å²) in [6.45, 7) is 0.474. The summed E-state index contributed by atoms with van der Waals surface area (Å²) >= 11 is 0. The van der Waals surface area contributed by atoms with Gasteiger partial charge in [-0.2, -0.15) is 0 Å². The van der Waals surface area contributed by atoms with Crippen LogP contribution in [0.3, 0.4) is 0 Å². The second-order valence-corrected chi connectivity index (χ2v) is 8.89. The van der Waals surface area contributed by atoms with E-state index < -0.39 is 67.0 Å². The number of carbonyl (C=O) groups is 3. The van der Waals surface area contributed by atoms with Crippen LogP contribution in [0.4, 0.5) is 0 Å². The van der Waals surface area contributed by atoms with Crippen LogP contribution in [-0.2, 0) is 25.7 Å². The molecular formula is C26H31N2NaO10. The van der Waals surface area contributed by atoms with Gasteiger partial charge in [-0.25, -0.2) is 0 Å². The van der Waals surface area contributed by atoms with Gasteiger partial charge in [-0.1, -0.05) is 30.3 Å². The SMILES string of the molecule is COc1ccc(C(=O)NC[C@@H](O)[C@H](O)[C@@H]2O[C@@](OCc3ccccc3)(C(=O)[O-])C[C@H](O)[C@H]2NC(C)=O)cc1.[Na+]. The number of hydrogen-bond acceptors (Lipinski definition) is 10. The van der Waals surface area contributed by atoms with Crippen LogP contribution in [0.25, 0.3) is 0 Å². The van der Waals surface area contributed by atoms with Gasteiger partial charge in [0.15, 0.2) is 0 Å². The van der Waals surface area contributed by atoms with Crippen LogP contribution in [0.1, 0.15) is 29.3 Å². The Hall–Kier alpha value is -2.55. The van der Waals surface area contributed by atoms with Crippen LogP contribution < -0.4 is 50.0 Å². The average Bonchev–Trinajstić information content (AvgIpc) is 2.91. The second kappa shape index (κ2) is 14.7. The van der Waals surface area contributed by atoms with Gasteiger partial charge in [-0.15, -0.1) is 0 Å². The van der Waals surface area contributed by atoms with Gasteiger partial charge in [0, 0.05) is 25.5 Å². The van der Waals surface area contributed by atoms with Gasteiger partial charge in [-0.05, 0) is 29.8 Å². The van der Waals surface area contributed by atoms with Crippen LogP contribution in [0.15, 0.2) is 54.6 Å². The number of benzene rings is 2. The molecule has 2 amide bonds. The Morgan fingerprint density at radius 3 is 2.33 bits per heavy atom. The molecule has 0 aliphatic carbocycles. The van der Waals surface area contributed by atoms with Crippen molar-refractivity contribution < 1.29 is 78.6 Å². The summed E-state index contributed by atoms with van der Waals surface area (Å²) in [5.74, 6) is -4.92. The van der Waals surface area contributed by atoms with Gasteiger partial charge >= 0.3 is 29.6 Å². The fourth-order valence-electron chi connectivity index (χ4n) is 4.10. The van der Waals surface area contributed by atoms with Crippen LogP contribution in [0, 0.1) is 0 Å². The maximum absolute atomic E-state index is 12.4. The summed E-state index contributed by atoms with van der Waals surface area (Å²) in [6, 6.07) is 13.4. The first-order valence-corrected chi connectivity index (χ1v) is 11.9. The van der Waals surface area contributed by atoms with E-state index in [0.29, 0.717) is 11.3 Å². The van der Waals surface area contributed by atoms with Crippen molar-refractivity contribution in [1.29, 1.82) is 0 Å². The third kappa shape index (κ3) is 8.47. The Kier molecular flexibility index (Phi) is 12.3. The van der Waals surface area contributed by atoms with Crippen LogP contribution in [-0.4, -0.2) is 83.0 Å². The van der Waals surface area contributed by atoms with Crippen LogP contribution in [0.5, 0.6) is 5.75 Å². The third-order valence-electron chi connectivity index (χ3n) is 6.12. The molecule has 39 heavy (non-hydrogen) atoms. The zero-order valence-corrected chi connectivity index (χ0v) is 23.9. The van der Waals surface area contributed by atoms with Crippen molar-refractivity contribution in [3.63, 3.8) is 0 Å². The number of amides is 2. The molecule has 1 aliphatic heterocycles. The number of rotatable bonds is 11. The molecule has 1 aliphatic rings. The molecule has 3 rings (SSSR count). The van der Waals surface area contributed by atoms with Crippen molar-refractivity contribution in [3.05, 3.63) is 65.7 Å². The van der Waals surface area contributed by atoms with E-state index in [4.69, 9.17) is 14.2 Å². The Balaban J connectivity index is 0.00000533. The molecule has 206 valence electrons. The average molecular weight is 555 g/mol. The van der Waals surface area contributed by atoms with Gasteiger partial charge in [0.2, 0.25) is 11.7 Å². The minimum absolute atomic E-state index is 0. The van der Waals surface area contributed by atoms with E-state index in [1.165, 1.54) is 19.2 Å². The van der Waals surface area contributed by atoms with E-state index in [1.54, 1.807) is 42.5 Å². The summed E-state index contributed by atoms with van der Waals surface area (Å²) in [6.07, 6.45) is -7.37. The predicted octanol–water partition coefficient (Wildman–Crippen LogP) is -4.53. The molecule has 0 saturated carbocycles. The predicted molar refractivity (Wildman–Crippen MR) is 129 cm³/mol. The molecule has 1 saturated heterocycles. The van der Waals surface area contributed by atoms with Crippen LogP contribution >= 0.6 is 0 Å². The van der Waals surface area contributed by atoms with E-state index in [0.717, 1.165) is 6.92 Å². The fraction of sp³-hybridized carbons (Fsp3) is 0.423. The molecule has 1 heterocycles. The van der Waals surface area contributed by atoms with E-state index in [9.17, 15) is 34.8 Å². The molecular weight excluding hydrogens is 523 g/mol. The number of hydrogen-bond donors (Lipinski definition) is 5. The molecule has 2 aromatic carbocycles. The van der Waals surface area contributed by atoms with Gasteiger partial charge in [0.1, 0.15) is 23.9 Å². The number of carboxylic acid groups (broad SMARTS) is 1. The van der Waals surface area contributed by atoms with Crippen molar-refractivity contribution in [2.45, 2.75) is 56.2 Å². The topological polar surface area (TPSA) is 187 Å². The van der Waals surface area contributed by atoms with E-state index in [2.05, 4.69) is 10.6 Å². The standard InChI is InChI=1S/C26H32N2O10.Na/c1-15(29)28-21-19(30)12-26(25(34)35,37-14-16-6-4-3-5-7-16)38-23(21)22(32)20(31)13-27-24(33)17-8-10-18(36-2)11-9-17;/h3-11,19-23,30-32H,12-14H2,1-2H3,(H,27,33)(H,28,29)(H,34,35);/q;+1/p-1/t19-,20+,21+,22-,23+,26+;/m0./s1. The summed E-state index contributed by atoms with van der Waals surface area (Å²) in [4.78, 5) is 36.4. The van der Waals surface area contributed by atoms with Gasteiger partial charge in [-0.3, -0.25) is 9.59 Å². The molecule has 12 nitrogen and oxygen atoms in total. The van der Waals surface area contributed by atoms with Crippen molar-refractivity contribution in [2.24, 2.45) is 0 Å². The molecule has 0 unspecified atom stereocenters. The van der Waals surface area contributed by atoms with E-state index in [1.807, 2.05) is 0 Å². The Morgan fingerprint density at radius 2 is 1.77 bits per heavy atom. The summed E-state index contributed by atoms with van der Waals surface area (Å²) < 4.78 is 16.2. The minimum atomic E-state index is -2.50. The van der Waals surface area contributed by atoms with Gasteiger partial charge in [0.25, 0.3) is 5.91 Å². The molecule has 13 heteroatoms. The van der Waals surface area contributed by atoms with Crippen molar-refractivity contribution in [1.82, 2.24) is 10.6 Å². The van der Waals surface area contributed by atoms with E-state index in [-0.39, 0.29) is 41.7 Å². The second-order valence-electron chi connectivity index (χ2n) is 8.89. The number of methoxy groups -OCH3 is 1. The molecule has 0 radical (unpaired) electrons. The number of aliphatic hydroxyl groups is 3. The van der Waals surface area contributed by atoms with Gasteiger partial charge in [0.05, 0.1) is 32.0 Å². The van der Waals surface area contributed by atoms with Crippen molar-refractivity contribution in [2.75, 3.05) is 13.7 Å². The molecule has 6 atom stereocenters. The molecule has 0 aromatic heterocycles. The maximum Gasteiger partial charge on any atom is 1.00 e. The summed E-state index contributed by atoms with van der Waals surface area (Å²) in [5, 5.41) is 49.4. The minimum Gasteiger partial charge on any atom is -0.544 e. The number of ether oxygens (including phenoxy) is 3. The Bertz CT molecular complexity index is 1100. The maximum atomic E-state index is 12.4. The first-order chi connectivity index (χ1) is 18.1. The van der Waals surface area contributed by atoms with E-state index >= 15 is 0 Å². The number of carbonyl (C=O) groups excluding carboxylic acids is 3. The molecule has 0 bridgehead atoms. The summed E-state index contributed by atoms with van der Waals surface area (Å²) in [5.41, 5.74) is 0.867. The monoisotopic (exact) mass is 554 g/mol.